The zero-order chi connectivity index (χ0) is 19.0. The van der Waals surface area contributed by atoms with Crippen LogP contribution in [0.3, 0.4) is 0 Å². The van der Waals surface area contributed by atoms with Crippen LogP contribution in [0.2, 0.25) is 0 Å². The number of aryl methyl sites for hydroxylation is 1. The van der Waals surface area contributed by atoms with Gasteiger partial charge in [-0.25, -0.2) is 19.3 Å². The van der Waals surface area contributed by atoms with E-state index in [2.05, 4.69) is 24.8 Å². The third kappa shape index (κ3) is 3.19. The summed E-state index contributed by atoms with van der Waals surface area (Å²) in [5.74, 6) is 0.411. The molecule has 1 fully saturated rings. The van der Waals surface area contributed by atoms with Crippen molar-refractivity contribution in [2.24, 2.45) is 7.05 Å². The van der Waals surface area contributed by atoms with Gasteiger partial charge in [-0.15, -0.1) is 0 Å². The largest absolute Gasteiger partial charge is 0.398 e. The molecule has 142 valence electrons. The van der Waals surface area contributed by atoms with E-state index in [1.807, 2.05) is 11.6 Å². The van der Waals surface area contributed by atoms with Gasteiger partial charge in [-0.2, -0.15) is 0 Å². The van der Waals surface area contributed by atoms with Crippen LogP contribution >= 0.6 is 0 Å². The standard InChI is InChI=1S/C18H22FN7O/c1-24-11-23-16-17(24)21-10-22-18(16)26-6-5-25(7-12(26)9-27)8-13-14(19)3-2-4-15(13)20/h2-4,10-12,27H,5-9,20H2,1H3/t12-/m1/s1. The third-order valence-corrected chi connectivity index (χ3v) is 5.06. The van der Waals surface area contributed by atoms with Gasteiger partial charge in [0.2, 0.25) is 0 Å². The number of piperazine rings is 1. The SMILES string of the molecule is Cn1cnc2c(N3CCN(Cc4c(N)cccc4F)C[C@@H]3CO)ncnc21. The first kappa shape index (κ1) is 17.6. The number of nitrogen functional groups attached to an aromatic ring is 1. The van der Waals surface area contributed by atoms with Gasteiger partial charge in [-0.1, -0.05) is 6.07 Å². The topological polar surface area (TPSA) is 96.3 Å². The molecule has 1 aliphatic heterocycles. The zero-order valence-electron chi connectivity index (χ0n) is 15.1. The minimum atomic E-state index is -0.302. The Morgan fingerprint density at radius 3 is 2.89 bits per heavy atom. The van der Waals surface area contributed by atoms with Crippen LogP contribution in [0, 0.1) is 5.82 Å². The summed E-state index contributed by atoms with van der Waals surface area (Å²) < 4.78 is 15.9. The number of aliphatic hydroxyl groups excluding tert-OH is 1. The third-order valence-electron chi connectivity index (χ3n) is 5.06. The average Bonchev–Trinajstić information content (AvgIpc) is 3.06. The second kappa shape index (κ2) is 7.09. The van der Waals surface area contributed by atoms with Crippen LogP contribution in [-0.2, 0) is 13.6 Å². The molecule has 3 heterocycles. The van der Waals surface area contributed by atoms with Gasteiger partial charge in [0, 0.05) is 44.5 Å². The lowest BCUT2D eigenvalue weighted by atomic mass is 10.1. The fraction of sp³-hybridized carbons (Fsp3) is 0.389. The fourth-order valence-electron chi connectivity index (χ4n) is 3.61. The van der Waals surface area contributed by atoms with Gasteiger partial charge < -0.3 is 20.3 Å². The van der Waals surface area contributed by atoms with Crippen molar-refractivity contribution in [2.45, 2.75) is 12.6 Å². The minimum absolute atomic E-state index is 0.0401. The summed E-state index contributed by atoms with van der Waals surface area (Å²) in [5.41, 5.74) is 8.34. The van der Waals surface area contributed by atoms with E-state index in [1.165, 1.54) is 12.4 Å². The van der Waals surface area contributed by atoms with Crippen molar-refractivity contribution in [3.63, 3.8) is 0 Å². The number of benzene rings is 1. The van der Waals surface area contributed by atoms with Crippen LogP contribution < -0.4 is 10.6 Å². The summed E-state index contributed by atoms with van der Waals surface area (Å²) >= 11 is 0. The molecule has 0 bridgehead atoms. The van der Waals surface area contributed by atoms with Crippen molar-refractivity contribution in [3.8, 4) is 0 Å². The maximum absolute atomic E-state index is 14.1. The highest BCUT2D eigenvalue weighted by Gasteiger charge is 2.30. The van der Waals surface area contributed by atoms with Gasteiger partial charge in [0.15, 0.2) is 17.0 Å². The van der Waals surface area contributed by atoms with Crippen LogP contribution in [-0.4, -0.2) is 61.8 Å². The number of nitrogens with zero attached hydrogens (tertiary/aromatic N) is 6. The highest BCUT2D eigenvalue weighted by atomic mass is 19.1. The number of fused-ring (bicyclic) bond motifs is 1. The van der Waals surface area contributed by atoms with Gasteiger partial charge >= 0.3 is 0 Å². The number of aliphatic hydroxyl groups is 1. The monoisotopic (exact) mass is 371 g/mol. The van der Waals surface area contributed by atoms with Gasteiger partial charge in [0.25, 0.3) is 0 Å². The molecule has 0 saturated carbocycles. The highest BCUT2D eigenvalue weighted by Crippen LogP contribution is 2.26. The van der Waals surface area contributed by atoms with E-state index in [1.54, 1.807) is 18.5 Å². The molecule has 0 spiro atoms. The summed E-state index contributed by atoms with van der Waals surface area (Å²) in [4.78, 5) is 17.2. The van der Waals surface area contributed by atoms with Crippen LogP contribution in [0.15, 0.2) is 30.9 Å². The molecule has 0 amide bonds. The van der Waals surface area contributed by atoms with E-state index < -0.39 is 0 Å². The Bertz CT molecular complexity index is 940. The molecular weight excluding hydrogens is 349 g/mol. The lowest BCUT2D eigenvalue weighted by Crippen LogP contribution is -2.55. The van der Waals surface area contributed by atoms with E-state index in [4.69, 9.17) is 5.73 Å². The Hall–Kier alpha value is -2.78. The van der Waals surface area contributed by atoms with Crippen molar-refractivity contribution in [1.82, 2.24) is 24.4 Å². The summed E-state index contributed by atoms with van der Waals surface area (Å²) in [6.07, 6.45) is 3.22. The molecule has 1 saturated heterocycles. The summed E-state index contributed by atoms with van der Waals surface area (Å²) in [5, 5.41) is 9.96. The van der Waals surface area contributed by atoms with Crippen LogP contribution in [0.4, 0.5) is 15.9 Å². The zero-order valence-corrected chi connectivity index (χ0v) is 15.1. The first-order valence-corrected chi connectivity index (χ1v) is 8.83. The van der Waals surface area contributed by atoms with E-state index >= 15 is 0 Å². The molecule has 27 heavy (non-hydrogen) atoms. The Morgan fingerprint density at radius 2 is 2.11 bits per heavy atom. The number of rotatable bonds is 4. The first-order chi connectivity index (χ1) is 13.1. The Balaban J connectivity index is 1.57. The van der Waals surface area contributed by atoms with Crippen molar-refractivity contribution in [2.75, 3.05) is 36.9 Å². The lowest BCUT2D eigenvalue weighted by Gasteiger charge is -2.41. The van der Waals surface area contributed by atoms with Gasteiger partial charge in [-0.05, 0) is 12.1 Å². The summed E-state index contributed by atoms with van der Waals surface area (Å²) in [6, 6.07) is 4.56. The van der Waals surface area contributed by atoms with E-state index in [0.717, 1.165) is 5.65 Å². The summed E-state index contributed by atoms with van der Waals surface area (Å²) in [6.45, 7) is 2.28. The molecule has 2 aromatic heterocycles. The van der Waals surface area contributed by atoms with E-state index in [-0.39, 0.29) is 18.5 Å². The molecule has 3 N–H and O–H groups in total. The van der Waals surface area contributed by atoms with Gasteiger partial charge in [-0.3, -0.25) is 4.90 Å². The van der Waals surface area contributed by atoms with E-state index in [0.29, 0.717) is 48.8 Å². The lowest BCUT2D eigenvalue weighted by molar-refractivity contribution is 0.163. The Labute approximate surface area is 156 Å². The number of hydrogen-bond donors (Lipinski definition) is 2. The Kier molecular flexibility index (Phi) is 4.63. The smallest absolute Gasteiger partial charge is 0.165 e. The van der Waals surface area contributed by atoms with Gasteiger partial charge in [0.05, 0.1) is 19.0 Å². The maximum atomic E-state index is 14.1. The quantitative estimate of drug-likeness (QED) is 0.654. The number of imidazole rings is 1. The van der Waals surface area contributed by atoms with Crippen LogP contribution in [0.25, 0.3) is 11.2 Å². The van der Waals surface area contributed by atoms with E-state index in [9.17, 15) is 9.50 Å². The predicted octanol–water partition coefficient (Wildman–Crippen LogP) is 0.768. The van der Waals surface area contributed by atoms with Crippen molar-refractivity contribution < 1.29 is 9.50 Å². The molecule has 0 unspecified atom stereocenters. The van der Waals surface area contributed by atoms with Gasteiger partial charge in [0.1, 0.15) is 12.1 Å². The number of aromatic nitrogens is 4. The molecule has 1 aromatic carbocycles. The highest BCUT2D eigenvalue weighted by molar-refractivity contribution is 5.83. The van der Waals surface area contributed by atoms with Crippen molar-refractivity contribution >= 4 is 22.7 Å². The molecule has 8 nitrogen and oxygen atoms in total. The second-order valence-corrected chi connectivity index (χ2v) is 6.80. The normalized spacial score (nSPS) is 18.3. The second-order valence-electron chi connectivity index (χ2n) is 6.80. The number of hydrogen-bond acceptors (Lipinski definition) is 7. The predicted molar refractivity (Wildman–Crippen MR) is 101 cm³/mol. The minimum Gasteiger partial charge on any atom is -0.398 e. The molecule has 0 aliphatic carbocycles. The molecule has 9 heteroatoms. The molecule has 1 aliphatic rings. The molecular formula is C18H22FN7O. The number of nitrogens with two attached hydrogens (primary N) is 1. The van der Waals surface area contributed by atoms with Crippen LogP contribution in [0.1, 0.15) is 5.56 Å². The molecule has 3 aromatic rings. The van der Waals surface area contributed by atoms with Crippen molar-refractivity contribution in [1.29, 1.82) is 0 Å². The molecule has 0 radical (unpaired) electrons. The Morgan fingerprint density at radius 1 is 1.26 bits per heavy atom. The average molecular weight is 371 g/mol. The van der Waals surface area contributed by atoms with Crippen molar-refractivity contribution in [3.05, 3.63) is 42.2 Å². The first-order valence-electron chi connectivity index (χ1n) is 8.83. The molecule has 1 atom stereocenters. The molecule has 4 rings (SSSR count). The number of anilines is 2. The van der Waals surface area contributed by atoms with Crippen LogP contribution in [0.5, 0.6) is 0 Å². The fourth-order valence-corrected chi connectivity index (χ4v) is 3.61. The summed E-state index contributed by atoms with van der Waals surface area (Å²) in [7, 11) is 1.88. The number of halogens is 1. The maximum Gasteiger partial charge on any atom is 0.165 e.